The van der Waals surface area contributed by atoms with E-state index < -0.39 is 9.85 Å². The Kier molecular flexibility index (Phi) is 6.07. The molecule has 0 aromatic heterocycles. The van der Waals surface area contributed by atoms with E-state index in [4.69, 9.17) is 0 Å². The summed E-state index contributed by atoms with van der Waals surface area (Å²) in [7, 11) is 0. The Labute approximate surface area is 207 Å². The highest BCUT2D eigenvalue weighted by Gasteiger charge is 2.50. The number of nitro benzene ring substituents is 2. The number of nitro groups is 2. The van der Waals surface area contributed by atoms with Crippen LogP contribution in [0, 0.1) is 38.0 Å². The van der Waals surface area contributed by atoms with Crippen molar-refractivity contribution in [3.63, 3.8) is 0 Å². The van der Waals surface area contributed by atoms with Crippen molar-refractivity contribution in [1.29, 1.82) is 0 Å². The number of amides is 2. The fraction of sp³-hybridized carbons (Fsp3) is 0.440. The van der Waals surface area contributed by atoms with E-state index >= 15 is 0 Å². The highest BCUT2D eigenvalue weighted by Crippen LogP contribution is 2.43. The Balaban J connectivity index is 1.34. The van der Waals surface area contributed by atoms with Crippen LogP contribution >= 0.6 is 0 Å². The predicted molar refractivity (Wildman–Crippen MR) is 133 cm³/mol. The molecule has 2 aromatic carbocycles. The molecule has 3 atom stereocenters. The molecule has 2 aromatic rings. The van der Waals surface area contributed by atoms with Gasteiger partial charge in [0, 0.05) is 50.1 Å². The number of carbonyl (C=O) groups excluding carboxylic acids is 2. The molecule has 3 fully saturated rings. The zero-order valence-corrected chi connectivity index (χ0v) is 19.9. The van der Waals surface area contributed by atoms with Gasteiger partial charge in [-0.2, -0.15) is 0 Å². The quantitative estimate of drug-likeness (QED) is 0.350. The van der Waals surface area contributed by atoms with Crippen LogP contribution in [0.2, 0.25) is 0 Å². The van der Waals surface area contributed by atoms with Crippen molar-refractivity contribution in [2.45, 2.75) is 26.2 Å². The SMILES string of the molecule is CC1CCC2C(=O)N(c3ccc(N4CCN(c5ccc([N+](=O)[O-])cc5)CC4)c([N+](=O)[O-])c3)C(=O)C2C1. The Bertz CT molecular complexity index is 1220. The van der Waals surface area contributed by atoms with E-state index in [1.807, 2.05) is 4.90 Å². The molecule has 0 spiro atoms. The van der Waals surface area contributed by atoms with Gasteiger partial charge in [0.2, 0.25) is 11.8 Å². The predicted octanol–water partition coefficient (Wildman–Crippen LogP) is 3.76. The summed E-state index contributed by atoms with van der Waals surface area (Å²) < 4.78 is 0. The molecule has 1 saturated carbocycles. The first-order valence-electron chi connectivity index (χ1n) is 12.1. The minimum atomic E-state index is -0.471. The fourth-order valence-electron chi connectivity index (χ4n) is 5.70. The second-order valence-electron chi connectivity index (χ2n) is 9.82. The van der Waals surface area contributed by atoms with Gasteiger partial charge in [-0.3, -0.25) is 29.8 Å². The number of fused-ring (bicyclic) bond motifs is 1. The monoisotopic (exact) mass is 493 g/mol. The van der Waals surface area contributed by atoms with Crippen LogP contribution in [0.4, 0.5) is 28.4 Å². The first-order valence-corrected chi connectivity index (χ1v) is 12.1. The minimum Gasteiger partial charge on any atom is -0.368 e. The van der Waals surface area contributed by atoms with E-state index in [1.54, 1.807) is 24.3 Å². The van der Waals surface area contributed by atoms with E-state index in [0.717, 1.165) is 17.0 Å². The lowest BCUT2D eigenvalue weighted by atomic mass is 9.76. The number of rotatable bonds is 5. The Morgan fingerprint density at radius 1 is 0.778 bits per heavy atom. The number of benzene rings is 2. The number of piperazine rings is 1. The summed E-state index contributed by atoms with van der Waals surface area (Å²) in [6.07, 6.45) is 2.25. The minimum absolute atomic E-state index is 0.0248. The number of imide groups is 1. The normalized spacial score (nSPS) is 24.1. The van der Waals surface area contributed by atoms with Gasteiger partial charge in [-0.05, 0) is 49.4 Å². The molecule has 3 unspecified atom stereocenters. The van der Waals surface area contributed by atoms with Crippen LogP contribution in [-0.4, -0.2) is 47.8 Å². The Morgan fingerprint density at radius 2 is 1.39 bits per heavy atom. The highest BCUT2D eigenvalue weighted by atomic mass is 16.6. The molecular formula is C25H27N5O6. The van der Waals surface area contributed by atoms with Crippen molar-refractivity contribution < 1.29 is 19.4 Å². The van der Waals surface area contributed by atoms with Crippen LogP contribution < -0.4 is 14.7 Å². The van der Waals surface area contributed by atoms with Gasteiger partial charge in [0.15, 0.2) is 0 Å². The van der Waals surface area contributed by atoms with Crippen LogP contribution in [0.5, 0.6) is 0 Å². The van der Waals surface area contributed by atoms with Crippen LogP contribution in [0.25, 0.3) is 0 Å². The summed E-state index contributed by atoms with van der Waals surface area (Å²) >= 11 is 0. The van der Waals surface area contributed by atoms with E-state index in [9.17, 15) is 29.8 Å². The van der Waals surface area contributed by atoms with Crippen molar-refractivity contribution in [2.24, 2.45) is 17.8 Å². The maximum Gasteiger partial charge on any atom is 0.294 e. The van der Waals surface area contributed by atoms with Gasteiger partial charge in [0.25, 0.3) is 11.4 Å². The van der Waals surface area contributed by atoms with Crippen molar-refractivity contribution >= 4 is 40.3 Å². The topological polar surface area (TPSA) is 130 Å². The lowest BCUT2D eigenvalue weighted by Gasteiger charge is -2.37. The number of non-ortho nitro benzene ring substituents is 1. The summed E-state index contributed by atoms with van der Waals surface area (Å²) in [4.78, 5) is 53.2. The van der Waals surface area contributed by atoms with Crippen LogP contribution in [0.3, 0.4) is 0 Å². The molecule has 2 heterocycles. The van der Waals surface area contributed by atoms with Gasteiger partial charge in [-0.1, -0.05) is 6.92 Å². The molecule has 3 aliphatic rings. The number of hydrogen-bond acceptors (Lipinski definition) is 8. The summed E-state index contributed by atoms with van der Waals surface area (Å²) in [5, 5.41) is 22.9. The standard InChI is InChI=1S/C25H27N5O6/c1-16-2-8-20-21(14-16)25(32)28(24(20)31)19-7-9-22(23(15-19)30(35)36)27-12-10-26(11-13-27)17-3-5-18(6-4-17)29(33)34/h3-7,9,15-16,20-21H,2,8,10-14H2,1H3. The van der Waals surface area contributed by atoms with E-state index in [-0.39, 0.29) is 40.7 Å². The van der Waals surface area contributed by atoms with Gasteiger partial charge in [0.1, 0.15) is 5.69 Å². The molecule has 36 heavy (non-hydrogen) atoms. The molecule has 188 valence electrons. The Hall–Kier alpha value is -4.02. The molecule has 0 N–H and O–H groups in total. The first-order chi connectivity index (χ1) is 17.2. The average Bonchev–Trinajstić information content (AvgIpc) is 3.12. The molecule has 5 rings (SSSR count). The third kappa shape index (κ3) is 4.14. The number of anilines is 3. The van der Waals surface area contributed by atoms with Crippen LogP contribution in [0.1, 0.15) is 26.2 Å². The summed E-state index contributed by atoms with van der Waals surface area (Å²) in [6, 6.07) is 10.9. The second-order valence-corrected chi connectivity index (χ2v) is 9.82. The molecule has 11 heteroatoms. The fourth-order valence-corrected chi connectivity index (χ4v) is 5.70. The third-order valence-electron chi connectivity index (χ3n) is 7.65. The maximum absolute atomic E-state index is 13.1. The first kappa shape index (κ1) is 23.7. The number of carbonyl (C=O) groups is 2. The molecule has 1 aliphatic carbocycles. The Morgan fingerprint density at radius 3 is 2.03 bits per heavy atom. The van der Waals surface area contributed by atoms with Crippen molar-refractivity contribution in [3.05, 3.63) is 62.7 Å². The highest BCUT2D eigenvalue weighted by molar-refractivity contribution is 6.22. The lowest BCUT2D eigenvalue weighted by Crippen LogP contribution is -2.46. The molecule has 11 nitrogen and oxygen atoms in total. The van der Waals surface area contributed by atoms with Crippen molar-refractivity contribution in [1.82, 2.24) is 0 Å². The molecular weight excluding hydrogens is 466 g/mol. The molecule has 2 saturated heterocycles. The van der Waals surface area contributed by atoms with Gasteiger partial charge < -0.3 is 9.80 Å². The summed E-state index contributed by atoms with van der Waals surface area (Å²) in [5.41, 5.74) is 1.44. The number of hydrogen-bond donors (Lipinski definition) is 0. The van der Waals surface area contributed by atoms with Crippen molar-refractivity contribution in [3.8, 4) is 0 Å². The molecule has 2 aliphatic heterocycles. The second kappa shape index (κ2) is 9.21. The van der Waals surface area contributed by atoms with Gasteiger partial charge >= 0.3 is 0 Å². The largest absolute Gasteiger partial charge is 0.368 e. The zero-order valence-electron chi connectivity index (χ0n) is 19.9. The van der Waals surface area contributed by atoms with E-state index in [1.165, 1.54) is 18.2 Å². The smallest absolute Gasteiger partial charge is 0.294 e. The maximum atomic E-state index is 13.1. The van der Waals surface area contributed by atoms with E-state index in [0.29, 0.717) is 50.6 Å². The van der Waals surface area contributed by atoms with Crippen LogP contribution in [-0.2, 0) is 9.59 Å². The van der Waals surface area contributed by atoms with Gasteiger partial charge in [0.05, 0.1) is 27.4 Å². The molecule has 0 radical (unpaired) electrons. The third-order valence-corrected chi connectivity index (χ3v) is 7.65. The lowest BCUT2D eigenvalue weighted by molar-refractivity contribution is -0.384. The molecule has 0 bridgehead atoms. The van der Waals surface area contributed by atoms with Crippen LogP contribution in [0.15, 0.2) is 42.5 Å². The van der Waals surface area contributed by atoms with Gasteiger partial charge in [-0.25, -0.2) is 4.90 Å². The van der Waals surface area contributed by atoms with Gasteiger partial charge in [-0.15, -0.1) is 0 Å². The number of nitrogens with zero attached hydrogens (tertiary/aromatic N) is 5. The molecule has 2 amide bonds. The summed E-state index contributed by atoms with van der Waals surface area (Å²) in [5.74, 6) is -0.803. The average molecular weight is 494 g/mol. The zero-order chi connectivity index (χ0) is 25.6. The van der Waals surface area contributed by atoms with E-state index in [2.05, 4.69) is 11.8 Å². The summed E-state index contributed by atoms with van der Waals surface area (Å²) in [6.45, 7) is 4.28. The van der Waals surface area contributed by atoms with Crippen molar-refractivity contribution in [2.75, 3.05) is 40.9 Å².